The Labute approximate surface area is 75.7 Å². The number of carbonyl (C=O) groups is 1. The Hall–Kier alpha value is -0.970. The molecule has 0 spiro atoms. The van der Waals surface area contributed by atoms with E-state index in [2.05, 4.69) is 22.8 Å². The van der Waals surface area contributed by atoms with E-state index >= 15 is 0 Å². The van der Waals surface area contributed by atoms with Crippen LogP contribution in [0, 0.1) is 0 Å². The van der Waals surface area contributed by atoms with Crippen LogP contribution in [-0.4, -0.2) is 22.8 Å². The molecule has 0 amide bonds. The second-order valence-corrected chi connectivity index (χ2v) is 2.47. The molecule has 0 fully saturated rings. The van der Waals surface area contributed by atoms with Crippen molar-refractivity contribution in [3.63, 3.8) is 0 Å². The van der Waals surface area contributed by atoms with Gasteiger partial charge in [-0.3, -0.25) is 5.10 Å². The molecule has 12 heavy (non-hydrogen) atoms. The normalized spacial score (nSPS) is 9.83. The first-order valence-electron chi connectivity index (χ1n) is 3.59. The fraction of sp³-hybridized carbons (Fsp3) is 0.429. The molecule has 66 valence electrons. The molecule has 1 rings (SSSR count). The fourth-order valence-corrected chi connectivity index (χ4v) is 1.05. The number of ether oxygens (including phenoxy) is 1. The van der Waals surface area contributed by atoms with E-state index in [9.17, 15) is 4.79 Å². The van der Waals surface area contributed by atoms with Gasteiger partial charge in [-0.05, 0) is 6.92 Å². The van der Waals surface area contributed by atoms with Crippen LogP contribution in [0.5, 0.6) is 0 Å². The topological polar surface area (TPSA) is 55.0 Å². The maximum absolute atomic E-state index is 11.2. The van der Waals surface area contributed by atoms with E-state index in [1.807, 2.05) is 0 Å². The summed E-state index contributed by atoms with van der Waals surface area (Å²) in [4.78, 5) is 11.2. The second kappa shape index (κ2) is 4.15. The maximum atomic E-state index is 11.2. The molecule has 0 saturated heterocycles. The zero-order valence-corrected chi connectivity index (χ0v) is 7.60. The van der Waals surface area contributed by atoms with E-state index in [1.54, 1.807) is 13.1 Å². The number of nitrogens with zero attached hydrogens (tertiary/aromatic N) is 1. The van der Waals surface area contributed by atoms with Crippen molar-refractivity contribution < 1.29 is 9.53 Å². The maximum Gasteiger partial charge on any atom is 0.356 e. The number of nitrogens with one attached hydrogen (secondary N) is 1. The predicted octanol–water partition coefficient (Wildman–Crippen LogP) is 1.02. The quantitative estimate of drug-likeness (QED) is 0.547. The minimum atomic E-state index is -0.376. The SMILES string of the molecule is CCOC(=O)c1[nH]ncc1CS. The number of esters is 1. The van der Waals surface area contributed by atoms with Gasteiger partial charge < -0.3 is 4.74 Å². The van der Waals surface area contributed by atoms with Crippen molar-refractivity contribution in [2.45, 2.75) is 12.7 Å². The van der Waals surface area contributed by atoms with Gasteiger partial charge in [-0.2, -0.15) is 17.7 Å². The molecule has 1 aromatic rings. The number of H-pyrrole nitrogens is 1. The summed E-state index contributed by atoms with van der Waals surface area (Å²) < 4.78 is 4.78. The summed E-state index contributed by atoms with van der Waals surface area (Å²) in [6, 6.07) is 0. The van der Waals surface area contributed by atoms with Crippen LogP contribution in [-0.2, 0) is 10.5 Å². The van der Waals surface area contributed by atoms with Crippen molar-refractivity contribution in [3.05, 3.63) is 17.5 Å². The zero-order valence-electron chi connectivity index (χ0n) is 6.70. The van der Waals surface area contributed by atoms with E-state index in [4.69, 9.17) is 4.74 Å². The Kier molecular flexibility index (Phi) is 3.16. The summed E-state index contributed by atoms with van der Waals surface area (Å²) in [5, 5.41) is 6.29. The molecule has 0 bridgehead atoms. The monoisotopic (exact) mass is 186 g/mol. The van der Waals surface area contributed by atoms with Gasteiger partial charge in [-0.1, -0.05) is 0 Å². The lowest BCUT2D eigenvalue weighted by atomic mass is 10.3. The molecular weight excluding hydrogens is 176 g/mol. The molecule has 1 heterocycles. The molecule has 0 unspecified atom stereocenters. The summed E-state index contributed by atoms with van der Waals surface area (Å²) in [7, 11) is 0. The lowest BCUT2D eigenvalue weighted by molar-refractivity contribution is 0.0518. The Bertz CT molecular complexity index is 272. The van der Waals surface area contributed by atoms with Gasteiger partial charge in [0.15, 0.2) is 0 Å². The first-order valence-corrected chi connectivity index (χ1v) is 4.23. The van der Waals surface area contributed by atoms with Gasteiger partial charge in [-0.25, -0.2) is 4.79 Å². The Balaban J connectivity index is 2.79. The van der Waals surface area contributed by atoms with Crippen LogP contribution in [0.15, 0.2) is 6.20 Å². The highest BCUT2D eigenvalue weighted by Gasteiger charge is 2.12. The van der Waals surface area contributed by atoms with Gasteiger partial charge >= 0.3 is 5.97 Å². The van der Waals surface area contributed by atoms with Crippen LogP contribution in [0.1, 0.15) is 23.0 Å². The largest absolute Gasteiger partial charge is 0.461 e. The van der Waals surface area contributed by atoms with E-state index in [1.165, 1.54) is 0 Å². The summed E-state index contributed by atoms with van der Waals surface area (Å²) in [5.41, 5.74) is 1.16. The molecule has 1 aromatic heterocycles. The molecule has 4 nitrogen and oxygen atoms in total. The number of aromatic nitrogens is 2. The van der Waals surface area contributed by atoms with Crippen LogP contribution in [0.25, 0.3) is 0 Å². The van der Waals surface area contributed by atoms with Crippen LogP contribution in [0.3, 0.4) is 0 Å². The minimum absolute atomic E-state index is 0.365. The van der Waals surface area contributed by atoms with Gasteiger partial charge in [0.1, 0.15) is 5.69 Å². The molecule has 0 aliphatic carbocycles. The third kappa shape index (κ3) is 1.79. The number of carbonyl (C=O) groups excluding carboxylic acids is 1. The number of thiol groups is 1. The zero-order chi connectivity index (χ0) is 8.97. The Morgan fingerprint density at radius 2 is 2.58 bits per heavy atom. The van der Waals surface area contributed by atoms with Crippen molar-refractivity contribution in [1.29, 1.82) is 0 Å². The second-order valence-electron chi connectivity index (χ2n) is 2.15. The number of rotatable bonds is 3. The van der Waals surface area contributed by atoms with Crippen LogP contribution < -0.4 is 0 Å². The standard InChI is InChI=1S/C7H10N2O2S/c1-2-11-7(10)6-5(4-12)3-8-9-6/h3,12H,2,4H2,1H3,(H,8,9). The smallest absolute Gasteiger partial charge is 0.356 e. The van der Waals surface area contributed by atoms with E-state index in [-0.39, 0.29) is 5.97 Å². The number of hydrogen-bond donors (Lipinski definition) is 2. The van der Waals surface area contributed by atoms with Gasteiger partial charge in [0.05, 0.1) is 12.8 Å². The van der Waals surface area contributed by atoms with E-state index < -0.39 is 0 Å². The van der Waals surface area contributed by atoms with Gasteiger partial charge in [-0.15, -0.1) is 0 Å². The average Bonchev–Trinajstić information content (AvgIpc) is 2.51. The van der Waals surface area contributed by atoms with Gasteiger partial charge in [0.25, 0.3) is 0 Å². The third-order valence-corrected chi connectivity index (χ3v) is 1.71. The first kappa shape index (κ1) is 9.12. The lowest BCUT2D eigenvalue weighted by Gasteiger charge is -1.99. The van der Waals surface area contributed by atoms with E-state index in [0.717, 1.165) is 5.56 Å². The summed E-state index contributed by atoms with van der Waals surface area (Å²) >= 11 is 4.04. The van der Waals surface area contributed by atoms with Crippen molar-refractivity contribution in [1.82, 2.24) is 10.2 Å². The molecule has 1 N–H and O–H groups in total. The predicted molar refractivity (Wildman–Crippen MR) is 47.2 cm³/mol. The first-order chi connectivity index (χ1) is 5.79. The summed E-state index contributed by atoms with van der Waals surface area (Å²) in [6.45, 7) is 2.12. The highest BCUT2D eigenvalue weighted by molar-refractivity contribution is 7.79. The summed E-state index contributed by atoms with van der Waals surface area (Å²) in [6.07, 6.45) is 1.57. The molecule has 0 saturated carbocycles. The van der Waals surface area contributed by atoms with Crippen LogP contribution >= 0.6 is 12.6 Å². The van der Waals surface area contributed by atoms with Gasteiger partial charge in [0.2, 0.25) is 0 Å². The number of hydrogen-bond acceptors (Lipinski definition) is 4. The fourth-order valence-electron chi connectivity index (χ4n) is 0.811. The molecule has 0 atom stereocenters. The molecule has 5 heteroatoms. The highest BCUT2D eigenvalue weighted by atomic mass is 32.1. The van der Waals surface area contributed by atoms with Crippen LogP contribution in [0.4, 0.5) is 0 Å². The molecule has 0 radical (unpaired) electrons. The van der Waals surface area contributed by atoms with Crippen molar-refractivity contribution in [2.75, 3.05) is 6.61 Å². The van der Waals surface area contributed by atoms with Crippen molar-refractivity contribution in [3.8, 4) is 0 Å². The average molecular weight is 186 g/mol. The molecular formula is C7H10N2O2S. The minimum Gasteiger partial charge on any atom is -0.461 e. The third-order valence-electron chi connectivity index (χ3n) is 1.37. The molecule has 0 aliphatic rings. The Morgan fingerprint density at radius 1 is 1.83 bits per heavy atom. The van der Waals surface area contributed by atoms with Gasteiger partial charge in [0, 0.05) is 11.3 Å². The Morgan fingerprint density at radius 3 is 3.17 bits per heavy atom. The van der Waals surface area contributed by atoms with Crippen molar-refractivity contribution >= 4 is 18.6 Å². The number of aromatic amines is 1. The highest BCUT2D eigenvalue weighted by Crippen LogP contribution is 2.08. The molecule has 0 aromatic carbocycles. The molecule has 0 aliphatic heterocycles. The van der Waals surface area contributed by atoms with E-state index in [0.29, 0.717) is 18.1 Å². The summed E-state index contributed by atoms with van der Waals surface area (Å²) in [5.74, 6) is 0.101. The van der Waals surface area contributed by atoms with Crippen molar-refractivity contribution in [2.24, 2.45) is 0 Å². The van der Waals surface area contributed by atoms with Crippen LogP contribution in [0.2, 0.25) is 0 Å². The lowest BCUT2D eigenvalue weighted by Crippen LogP contribution is -2.07.